The van der Waals surface area contributed by atoms with Crippen molar-refractivity contribution in [1.29, 1.82) is 0 Å². The van der Waals surface area contributed by atoms with E-state index in [9.17, 15) is 14.7 Å². The fourth-order valence-electron chi connectivity index (χ4n) is 5.14. The highest BCUT2D eigenvalue weighted by atomic mass is 16.5. The third-order valence-corrected chi connectivity index (χ3v) is 7.42. The van der Waals surface area contributed by atoms with Crippen LogP contribution in [0.25, 0.3) is 10.8 Å². The van der Waals surface area contributed by atoms with Crippen molar-refractivity contribution in [3.8, 4) is 5.75 Å². The van der Waals surface area contributed by atoms with Crippen LogP contribution in [0.2, 0.25) is 0 Å². The van der Waals surface area contributed by atoms with Crippen molar-refractivity contribution in [3.05, 3.63) is 76.9 Å². The van der Waals surface area contributed by atoms with E-state index < -0.39 is 6.10 Å². The molecule has 1 atom stereocenters. The maximum atomic E-state index is 13.1. The number of benzene rings is 3. The largest absolute Gasteiger partial charge is 0.491 e. The summed E-state index contributed by atoms with van der Waals surface area (Å²) in [5.74, 6) is 0.393. The highest BCUT2D eigenvalue weighted by Crippen LogP contribution is 2.29. The minimum atomic E-state index is -0.567. The zero-order chi connectivity index (χ0) is 25.2. The van der Waals surface area contributed by atoms with E-state index in [-0.39, 0.29) is 18.4 Å². The monoisotopic (exact) mass is 487 g/mol. The molecule has 0 saturated carbocycles. The first-order chi connectivity index (χ1) is 17.4. The number of carbonyl (C=O) groups excluding carboxylic acids is 2. The normalized spacial score (nSPS) is 17.6. The molecule has 2 heterocycles. The van der Waals surface area contributed by atoms with Gasteiger partial charge in [-0.05, 0) is 48.6 Å². The average Bonchev–Trinajstić information content (AvgIpc) is 2.89. The SMILES string of the molecule is Cc1cccc(OC[C@H](O)CN2CCN(CCN3C(=O)c4cccc5cccc(c45)C3=O)CC2)c1C. The van der Waals surface area contributed by atoms with E-state index in [4.69, 9.17) is 4.74 Å². The number of aliphatic hydroxyl groups is 1. The van der Waals surface area contributed by atoms with Crippen LogP contribution in [0, 0.1) is 13.8 Å². The van der Waals surface area contributed by atoms with E-state index >= 15 is 0 Å². The number of ether oxygens (including phenoxy) is 1. The summed E-state index contributed by atoms with van der Waals surface area (Å²) in [4.78, 5) is 32.1. The molecule has 2 aliphatic rings. The van der Waals surface area contributed by atoms with Crippen LogP contribution in [0.5, 0.6) is 5.75 Å². The van der Waals surface area contributed by atoms with Gasteiger partial charge in [-0.2, -0.15) is 0 Å². The van der Waals surface area contributed by atoms with E-state index in [1.807, 2.05) is 55.5 Å². The lowest BCUT2D eigenvalue weighted by Gasteiger charge is -2.36. The summed E-state index contributed by atoms with van der Waals surface area (Å²) in [5.41, 5.74) is 3.48. The first-order valence-electron chi connectivity index (χ1n) is 12.6. The Bertz CT molecular complexity index is 1230. The number of hydrogen-bond donors (Lipinski definition) is 1. The van der Waals surface area contributed by atoms with E-state index in [0.717, 1.165) is 48.3 Å². The summed E-state index contributed by atoms with van der Waals surface area (Å²) in [5, 5.41) is 12.2. The van der Waals surface area contributed by atoms with Gasteiger partial charge in [0.25, 0.3) is 11.8 Å². The second kappa shape index (κ2) is 10.4. The lowest BCUT2D eigenvalue weighted by atomic mass is 9.94. The number of aliphatic hydroxyl groups excluding tert-OH is 1. The number of β-amino-alcohol motifs (C(OH)–C–C–N with tert-alkyl or cyclic N) is 1. The fraction of sp³-hybridized carbons (Fsp3) is 0.379. The van der Waals surface area contributed by atoms with Gasteiger partial charge in [-0.3, -0.25) is 24.3 Å². The van der Waals surface area contributed by atoms with Gasteiger partial charge in [0.1, 0.15) is 18.5 Å². The van der Waals surface area contributed by atoms with Gasteiger partial charge in [-0.1, -0.05) is 36.4 Å². The first kappa shape index (κ1) is 24.4. The van der Waals surface area contributed by atoms with Crippen molar-refractivity contribution < 1.29 is 19.4 Å². The second-order valence-corrected chi connectivity index (χ2v) is 9.78. The van der Waals surface area contributed by atoms with Gasteiger partial charge in [0, 0.05) is 62.3 Å². The number of rotatable bonds is 8. The summed E-state index contributed by atoms with van der Waals surface area (Å²) in [7, 11) is 0. The Balaban J connectivity index is 1.10. The maximum Gasteiger partial charge on any atom is 0.261 e. The average molecular weight is 488 g/mol. The molecule has 1 N–H and O–H groups in total. The Morgan fingerprint density at radius 3 is 2.11 bits per heavy atom. The van der Waals surface area contributed by atoms with Crippen LogP contribution in [-0.2, 0) is 0 Å². The Labute approximate surface area is 211 Å². The summed E-state index contributed by atoms with van der Waals surface area (Å²) < 4.78 is 5.86. The molecule has 0 bridgehead atoms. The quantitative estimate of drug-likeness (QED) is 0.493. The van der Waals surface area contributed by atoms with Gasteiger partial charge in [0.15, 0.2) is 0 Å². The highest BCUT2D eigenvalue weighted by Gasteiger charge is 2.33. The zero-order valence-electron chi connectivity index (χ0n) is 20.9. The van der Waals surface area contributed by atoms with Gasteiger partial charge in [-0.15, -0.1) is 0 Å². The Morgan fingerprint density at radius 2 is 1.44 bits per heavy atom. The number of carbonyl (C=O) groups is 2. The van der Waals surface area contributed by atoms with Crippen molar-refractivity contribution in [3.63, 3.8) is 0 Å². The standard InChI is InChI=1S/C29H33N3O4/c1-20-6-3-11-26(21(20)2)36-19-23(33)18-31-14-12-30(13-15-31)16-17-32-28(34)24-9-4-7-22-8-5-10-25(27(22)24)29(32)35/h3-11,23,33H,12-19H2,1-2H3/t23-/m1/s1. The molecular formula is C29H33N3O4. The van der Waals surface area contributed by atoms with Crippen molar-refractivity contribution >= 4 is 22.6 Å². The zero-order valence-corrected chi connectivity index (χ0v) is 20.9. The van der Waals surface area contributed by atoms with Crippen molar-refractivity contribution in [1.82, 2.24) is 14.7 Å². The van der Waals surface area contributed by atoms with E-state index in [1.165, 1.54) is 10.5 Å². The molecule has 1 fully saturated rings. The highest BCUT2D eigenvalue weighted by molar-refractivity contribution is 6.25. The minimum Gasteiger partial charge on any atom is -0.491 e. The predicted molar refractivity (Wildman–Crippen MR) is 140 cm³/mol. The number of amides is 2. The van der Waals surface area contributed by atoms with Crippen LogP contribution >= 0.6 is 0 Å². The summed E-state index contributed by atoms with van der Waals surface area (Å²) in [6.07, 6.45) is -0.567. The topological polar surface area (TPSA) is 73.3 Å². The molecule has 36 heavy (non-hydrogen) atoms. The van der Waals surface area contributed by atoms with Gasteiger partial charge in [0.2, 0.25) is 0 Å². The molecule has 5 rings (SSSR count). The molecule has 7 heteroatoms. The number of imide groups is 1. The van der Waals surface area contributed by atoms with Crippen molar-refractivity contribution in [2.75, 3.05) is 52.4 Å². The number of piperazine rings is 1. The molecule has 2 aliphatic heterocycles. The molecule has 0 unspecified atom stereocenters. The maximum absolute atomic E-state index is 13.1. The predicted octanol–water partition coefficient (Wildman–Crippen LogP) is 3.11. The molecule has 2 amide bonds. The van der Waals surface area contributed by atoms with Gasteiger partial charge < -0.3 is 9.84 Å². The molecule has 0 spiro atoms. The van der Waals surface area contributed by atoms with Crippen LogP contribution in [0.1, 0.15) is 31.8 Å². The Morgan fingerprint density at radius 1 is 0.833 bits per heavy atom. The number of nitrogens with zero attached hydrogens (tertiary/aromatic N) is 3. The Kier molecular flexibility index (Phi) is 7.05. The number of hydrogen-bond acceptors (Lipinski definition) is 6. The second-order valence-electron chi connectivity index (χ2n) is 9.78. The summed E-state index contributed by atoms with van der Waals surface area (Å²) in [6, 6.07) is 17.2. The molecule has 3 aromatic rings. The fourth-order valence-corrected chi connectivity index (χ4v) is 5.14. The third kappa shape index (κ3) is 4.87. The van der Waals surface area contributed by atoms with Crippen molar-refractivity contribution in [2.45, 2.75) is 20.0 Å². The van der Waals surface area contributed by atoms with Crippen molar-refractivity contribution in [2.24, 2.45) is 0 Å². The van der Waals surface area contributed by atoms with Gasteiger partial charge in [-0.25, -0.2) is 0 Å². The van der Waals surface area contributed by atoms with E-state index in [1.54, 1.807) is 0 Å². The van der Waals surface area contributed by atoms with Crippen LogP contribution in [0.15, 0.2) is 54.6 Å². The lowest BCUT2D eigenvalue weighted by Crippen LogP contribution is -2.51. The molecule has 0 aliphatic carbocycles. The lowest BCUT2D eigenvalue weighted by molar-refractivity contribution is 0.0415. The summed E-state index contributed by atoms with van der Waals surface area (Å²) in [6.45, 7) is 9.21. The van der Waals surface area contributed by atoms with Crippen LogP contribution < -0.4 is 4.74 Å². The van der Waals surface area contributed by atoms with E-state index in [2.05, 4.69) is 22.8 Å². The number of aryl methyl sites for hydroxylation is 1. The van der Waals surface area contributed by atoms with Crippen LogP contribution in [0.3, 0.4) is 0 Å². The smallest absolute Gasteiger partial charge is 0.261 e. The Hall–Kier alpha value is -3.26. The van der Waals surface area contributed by atoms with Gasteiger partial charge >= 0.3 is 0 Å². The molecule has 3 aromatic carbocycles. The minimum absolute atomic E-state index is 0.213. The first-order valence-corrected chi connectivity index (χ1v) is 12.6. The van der Waals surface area contributed by atoms with E-state index in [0.29, 0.717) is 30.8 Å². The van der Waals surface area contributed by atoms with Crippen LogP contribution in [0.4, 0.5) is 0 Å². The van der Waals surface area contributed by atoms with Gasteiger partial charge in [0.05, 0.1) is 0 Å². The molecule has 1 saturated heterocycles. The molecule has 0 aromatic heterocycles. The molecule has 0 radical (unpaired) electrons. The van der Waals surface area contributed by atoms with Crippen LogP contribution in [-0.4, -0.2) is 90.1 Å². The molecule has 188 valence electrons. The molecule has 7 nitrogen and oxygen atoms in total. The summed E-state index contributed by atoms with van der Waals surface area (Å²) >= 11 is 0. The molecular weight excluding hydrogens is 454 g/mol. The third-order valence-electron chi connectivity index (χ3n) is 7.42.